The zero-order valence-corrected chi connectivity index (χ0v) is 17.6. The molecule has 144 valence electrons. The molecule has 0 saturated carbocycles. The minimum atomic E-state index is 0.244. The molecule has 2 heteroatoms. The molecule has 0 spiro atoms. The summed E-state index contributed by atoms with van der Waals surface area (Å²) in [6, 6.07) is 12.9. The molecule has 2 nitrogen and oxygen atoms in total. The molecular weight excluding hydrogens is 330 g/mol. The monoisotopic (exact) mass is 363 g/mol. The van der Waals surface area contributed by atoms with Crippen molar-refractivity contribution in [3.63, 3.8) is 0 Å². The van der Waals surface area contributed by atoms with Crippen LogP contribution in [0.15, 0.2) is 42.5 Å². The number of hydrogen-bond acceptors (Lipinski definition) is 2. The van der Waals surface area contributed by atoms with Crippen molar-refractivity contribution in [3.05, 3.63) is 65.0 Å². The molecule has 0 amide bonds. The molecule has 1 aliphatic rings. The summed E-state index contributed by atoms with van der Waals surface area (Å²) in [5.41, 5.74) is 5.04. The lowest BCUT2D eigenvalue weighted by molar-refractivity contribution is 0.257. The second-order valence-electron chi connectivity index (χ2n) is 9.26. The number of nitrogens with zero attached hydrogens (tertiary/aromatic N) is 1. The molecule has 1 aromatic heterocycles. The largest absolute Gasteiger partial charge is 0.487 e. The number of rotatable bonds is 5. The van der Waals surface area contributed by atoms with E-state index in [1.165, 1.54) is 11.1 Å². The van der Waals surface area contributed by atoms with Gasteiger partial charge in [-0.3, -0.25) is 0 Å². The van der Waals surface area contributed by atoms with Crippen LogP contribution < -0.4 is 4.74 Å². The maximum absolute atomic E-state index is 6.00. The van der Waals surface area contributed by atoms with Gasteiger partial charge in [-0.2, -0.15) is 0 Å². The van der Waals surface area contributed by atoms with Crippen molar-refractivity contribution >= 4 is 6.08 Å². The van der Waals surface area contributed by atoms with Crippen LogP contribution in [0.1, 0.15) is 82.3 Å². The lowest BCUT2D eigenvalue weighted by Crippen LogP contribution is -2.23. The quantitative estimate of drug-likeness (QED) is 0.572. The molecule has 27 heavy (non-hydrogen) atoms. The summed E-state index contributed by atoms with van der Waals surface area (Å²) in [6.07, 6.45) is 5.44. The SMILES string of the molecule is CC1CC=Cc2nc(COc3ccc(C(C(C)C)C(C)(C)C)cc3)ccc21. The first kappa shape index (κ1) is 19.7. The van der Waals surface area contributed by atoms with E-state index in [0.29, 0.717) is 24.4 Å². The average molecular weight is 364 g/mol. The smallest absolute Gasteiger partial charge is 0.130 e. The predicted octanol–water partition coefficient (Wildman–Crippen LogP) is 6.97. The highest BCUT2D eigenvalue weighted by atomic mass is 16.5. The first-order valence-corrected chi connectivity index (χ1v) is 10.1. The Bertz CT molecular complexity index is 796. The number of ether oxygens (including phenoxy) is 1. The van der Waals surface area contributed by atoms with E-state index >= 15 is 0 Å². The maximum atomic E-state index is 6.00. The van der Waals surface area contributed by atoms with Crippen LogP contribution in [0.3, 0.4) is 0 Å². The Balaban J connectivity index is 1.68. The van der Waals surface area contributed by atoms with Crippen molar-refractivity contribution < 1.29 is 4.74 Å². The van der Waals surface area contributed by atoms with Gasteiger partial charge in [0.2, 0.25) is 0 Å². The summed E-state index contributed by atoms with van der Waals surface area (Å²) < 4.78 is 6.00. The second kappa shape index (κ2) is 7.88. The molecule has 0 fully saturated rings. The van der Waals surface area contributed by atoms with E-state index < -0.39 is 0 Å². The summed E-state index contributed by atoms with van der Waals surface area (Å²) >= 11 is 0. The van der Waals surface area contributed by atoms with Gasteiger partial charge < -0.3 is 4.74 Å². The van der Waals surface area contributed by atoms with Crippen LogP contribution in [0.5, 0.6) is 5.75 Å². The maximum Gasteiger partial charge on any atom is 0.130 e. The van der Waals surface area contributed by atoms with Gasteiger partial charge in [0.05, 0.1) is 11.4 Å². The van der Waals surface area contributed by atoms with Crippen molar-refractivity contribution in [1.29, 1.82) is 0 Å². The zero-order valence-electron chi connectivity index (χ0n) is 17.6. The van der Waals surface area contributed by atoms with Crippen LogP contribution in [-0.4, -0.2) is 4.98 Å². The minimum Gasteiger partial charge on any atom is -0.487 e. The van der Waals surface area contributed by atoms with E-state index in [-0.39, 0.29) is 5.41 Å². The molecule has 0 bridgehead atoms. The molecule has 2 unspecified atom stereocenters. The molecule has 0 aliphatic heterocycles. The molecule has 0 saturated heterocycles. The van der Waals surface area contributed by atoms with Crippen LogP contribution >= 0.6 is 0 Å². The highest BCUT2D eigenvalue weighted by Gasteiger charge is 2.28. The molecule has 0 N–H and O–H groups in total. The van der Waals surface area contributed by atoms with Gasteiger partial charge in [0.15, 0.2) is 0 Å². The van der Waals surface area contributed by atoms with Crippen LogP contribution in [-0.2, 0) is 6.61 Å². The third-order valence-corrected chi connectivity index (χ3v) is 5.54. The number of benzene rings is 1. The number of allylic oxidation sites excluding steroid dienone is 1. The third-order valence-electron chi connectivity index (χ3n) is 5.54. The highest BCUT2D eigenvalue weighted by molar-refractivity contribution is 5.53. The summed E-state index contributed by atoms with van der Waals surface area (Å²) in [5, 5.41) is 0. The lowest BCUT2D eigenvalue weighted by Gasteiger charge is -2.34. The van der Waals surface area contributed by atoms with Crippen molar-refractivity contribution in [1.82, 2.24) is 4.98 Å². The summed E-state index contributed by atoms with van der Waals surface area (Å²) in [4.78, 5) is 4.77. The van der Waals surface area contributed by atoms with Gasteiger partial charge in [-0.05, 0) is 65.0 Å². The number of hydrogen-bond donors (Lipinski definition) is 0. The van der Waals surface area contributed by atoms with Crippen LogP contribution in [0.4, 0.5) is 0 Å². The Hall–Kier alpha value is -2.09. The van der Waals surface area contributed by atoms with Crippen molar-refractivity contribution in [2.45, 2.75) is 66.4 Å². The summed E-state index contributed by atoms with van der Waals surface area (Å²) in [7, 11) is 0. The second-order valence-corrected chi connectivity index (χ2v) is 9.26. The topological polar surface area (TPSA) is 22.1 Å². The zero-order chi connectivity index (χ0) is 19.6. The molecule has 2 atom stereocenters. The molecule has 1 heterocycles. The molecular formula is C25H33NO. The summed E-state index contributed by atoms with van der Waals surface area (Å²) in [5.74, 6) is 2.59. The van der Waals surface area contributed by atoms with Gasteiger partial charge in [0.1, 0.15) is 12.4 Å². The molecule has 0 radical (unpaired) electrons. The normalized spacial score (nSPS) is 17.7. The first-order valence-electron chi connectivity index (χ1n) is 10.1. The van der Waals surface area contributed by atoms with E-state index in [4.69, 9.17) is 9.72 Å². The molecule has 3 rings (SSSR count). The van der Waals surface area contributed by atoms with Gasteiger partial charge in [0.25, 0.3) is 0 Å². The van der Waals surface area contributed by atoms with Crippen LogP contribution in [0.2, 0.25) is 0 Å². The number of aromatic nitrogens is 1. The van der Waals surface area contributed by atoms with Crippen LogP contribution in [0.25, 0.3) is 6.08 Å². The minimum absolute atomic E-state index is 0.244. The van der Waals surface area contributed by atoms with Crippen molar-refractivity contribution in [3.8, 4) is 5.75 Å². The summed E-state index contributed by atoms with van der Waals surface area (Å²) in [6.45, 7) is 14.3. The van der Waals surface area contributed by atoms with E-state index in [1.807, 2.05) is 0 Å². The lowest BCUT2D eigenvalue weighted by atomic mass is 9.70. The number of pyridine rings is 1. The average Bonchev–Trinajstić information content (AvgIpc) is 2.60. The van der Waals surface area contributed by atoms with Gasteiger partial charge in [0, 0.05) is 0 Å². The predicted molar refractivity (Wildman–Crippen MR) is 114 cm³/mol. The Morgan fingerprint density at radius 1 is 1.07 bits per heavy atom. The first-order chi connectivity index (χ1) is 12.8. The van der Waals surface area contributed by atoms with Crippen molar-refractivity contribution in [2.75, 3.05) is 0 Å². The van der Waals surface area contributed by atoms with E-state index in [2.05, 4.69) is 90.1 Å². The number of fused-ring (bicyclic) bond motifs is 1. The van der Waals surface area contributed by atoms with Gasteiger partial charge >= 0.3 is 0 Å². The Kier molecular flexibility index (Phi) is 5.74. The fraction of sp³-hybridized carbons (Fsp3) is 0.480. The fourth-order valence-electron chi connectivity index (χ4n) is 4.48. The molecule has 1 aromatic carbocycles. The van der Waals surface area contributed by atoms with Gasteiger partial charge in [-0.15, -0.1) is 0 Å². The standard InChI is InChI=1S/C25H33NO/c1-17(2)24(25(4,5)6)19-10-13-21(14-11-19)27-16-20-12-15-22-18(3)8-7-9-23(22)26-20/h7,9-15,17-18,24H,8,16H2,1-6H3. The Morgan fingerprint density at radius 2 is 1.78 bits per heavy atom. The Morgan fingerprint density at radius 3 is 2.41 bits per heavy atom. The fourth-order valence-corrected chi connectivity index (χ4v) is 4.48. The molecule has 2 aromatic rings. The van der Waals surface area contributed by atoms with E-state index in [9.17, 15) is 0 Å². The Labute approximate surface area is 164 Å². The van der Waals surface area contributed by atoms with Crippen LogP contribution in [0, 0.1) is 11.3 Å². The van der Waals surface area contributed by atoms with E-state index in [1.54, 1.807) is 0 Å². The van der Waals surface area contributed by atoms with Gasteiger partial charge in [-0.1, -0.05) is 65.8 Å². The third kappa shape index (κ3) is 4.61. The van der Waals surface area contributed by atoms with E-state index in [0.717, 1.165) is 23.6 Å². The molecule has 1 aliphatic carbocycles. The highest BCUT2D eigenvalue weighted by Crippen LogP contribution is 2.41. The van der Waals surface area contributed by atoms with Crippen molar-refractivity contribution in [2.24, 2.45) is 11.3 Å². The van der Waals surface area contributed by atoms with Gasteiger partial charge in [-0.25, -0.2) is 4.98 Å².